The first-order valence-corrected chi connectivity index (χ1v) is 5.35. The lowest BCUT2D eigenvalue weighted by Crippen LogP contribution is -2.34. The van der Waals surface area contributed by atoms with E-state index in [0.717, 1.165) is 24.8 Å². The predicted octanol–water partition coefficient (Wildman–Crippen LogP) is 2.62. The summed E-state index contributed by atoms with van der Waals surface area (Å²) in [4.78, 5) is 13.0. The highest BCUT2D eigenvalue weighted by Gasteiger charge is 2.29. The summed E-state index contributed by atoms with van der Waals surface area (Å²) < 4.78 is 0. The van der Waals surface area contributed by atoms with Crippen molar-refractivity contribution < 1.29 is 4.79 Å². The van der Waals surface area contributed by atoms with Crippen molar-refractivity contribution in [3.05, 3.63) is 29.3 Å². The quantitative estimate of drug-likeness (QED) is 0.654. The van der Waals surface area contributed by atoms with E-state index in [-0.39, 0.29) is 5.41 Å². The fraction of sp³-hybridized carbons (Fsp3) is 0.462. The van der Waals surface area contributed by atoms with Crippen LogP contribution in [0.1, 0.15) is 36.2 Å². The number of rotatable bonds is 1. The van der Waals surface area contributed by atoms with Gasteiger partial charge in [-0.2, -0.15) is 0 Å². The molecule has 1 aromatic rings. The molecular weight excluding hydrogens is 186 g/mol. The number of aldehydes is 1. The van der Waals surface area contributed by atoms with E-state index >= 15 is 0 Å². The van der Waals surface area contributed by atoms with Crippen molar-refractivity contribution in [1.29, 1.82) is 0 Å². The fourth-order valence-electron chi connectivity index (χ4n) is 2.20. The first-order chi connectivity index (χ1) is 7.04. The number of benzene rings is 1. The van der Waals surface area contributed by atoms with Gasteiger partial charge in [-0.15, -0.1) is 0 Å². The molecule has 0 fully saturated rings. The van der Waals surface area contributed by atoms with Crippen LogP contribution < -0.4 is 4.90 Å². The Kier molecular flexibility index (Phi) is 2.29. The molecule has 0 unspecified atom stereocenters. The molecule has 1 heterocycles. The molecule has 2 nitrogen and oxygen atoms in total. The number of carbonyl (C=O) groups excluding carboxylic acids is 1. The maximum atomic E-state index is 10.8. The third-order valence-electron chi connectivity index (χ3n) is 3.37. The molecule has 0 amide bonds. The Morgan fingerprint density at radius 2 is 2.13 bits per heavy atom. The Labute approximate surface area is 90.9 Å². The molecule has 80 valence electrons. The monoisotopic (exact) mass is 203 g/mol. The van der Waals surface area contributed by atoms with Crippen molar-refractivity contribution in [3.8, 4) is 0 Å². The first kappa shape index (κ1) is 10.2. The number of hydrogen-bond donors (Lipinski definition) is 0. The van der Waals surface area contributed by atoms with Crippen molar-refractivity contribution in [2.45, 2.75) is 25.7 Å². The minimum atomic E-state index is 0.181. The van der Waals surface area contributed by atoms with Crippen LogP contribution in [-0.2, 0) is 5.41 Å². The van der Waals surface area contributed by atoms with Gasteiger partial charge in [0, 0.05) is 24.8 Å². The summed E-state index contributed by atoms with van der Waals surface area (Å²) >= 11 is 0. The third kappa shape index (κ3) is 1.65. The molecule has 1 aromatic carbocycles. The van der Waals surface area contributed by atoms with Gasteiger partial charge < -0.3 is 4.90 Å². The maximum Gasteiger partial charge on any atom is 0.150 e. The van der Waals surface area contributed by atoms with Crippen LogP contribution in [0.15, 0.2) is 18.2 Å². The van der Waals surface area contributed by atoms with E-state index in [1.165, 1.54) is 11.3 Å². The van der Waals surface area contributed by atoms with Crippen LogP contribution in [0.4, 0.5) is 5.69 Å². The Morgan fingerprint density at radius 3 is 2.80 bits per heavy atom. The van der Waals surface area contributed by atoms with Gasteiger partial charge in [0.25, 0.3) is 0 Å². The molecule has 0 radical (unpaired) electrons. The highest BCUT2D eigenvalue weighted by atomic mass is 16.1. The van der Waals surface area contributed by atoms with E-state index in [1.54, 1.807) is 0 Å². The average molecular weight is 203 g/mol. The maximum absolute atomic E-state index is 10.8. The van der Waals surface area contributed by atoms with Crippen LogP contribution in [0.3, 0.4) is 0 Å². The van der Waals surface area contributed by atoms with Gasteiger partial charge in [-0.1, -0.05) is 13.8 Å². The van der Waals surface area contributed by atoms with E-state index in [1.807, 2.05) is 12.1 Å². The number of nitrogens with zero attached hydrogens (tertiary/aromatic N) is 1. The van der Waals surface area contributed by atoms with E-state index < -0.39 is 0 Å². The summed E-state index contributed by atoms with van der Waals surface area (Å²) in [6, 6.07) is 5.97. The molecule has 0 N–H and O–H groups in total. The molecule has 0 aliphatic carbocycles. The van der Waals surface area contributed by atoms with Crippen molar-refractivity contribution in [2.75, 3.05) is 18.5 Å². The highest BCUT2D eigenvalue weighted by molar-refractivity contribution is 5.77. The summed E-state index contributed by atoms with van der Waals surface area (Å²) in [5, 5.41) is 0. The van der Waals surface area contributed by atoms with Gasteiger partial charge in [-0.25, -0.2) is 0 Å². The van der Waals surface area contributed by atoms with Gasteiger partial charge in [-0.05, 0) is 35.6 Å². The molecule has 0 saturated carbocycles. The zero-order valence-corrected chi connectivity index (χ0v) is 9.58. The zero-order chi connectivity index (χ0) is 11.1. The zero-order valence-electron chi connectivity index (χ0n) is 9.58. The molecule has 1 aliphatic heterocycles. The first-order valence-electron chi connectivity index (χ1n) is 5.35. The molecule has 15 heavy (non-hydrogen) atoms. The van der Waals surface area contributed by atoms with Gasteiger partial charge in [-0.3, -0.25) is 4.79 Å². The molecule has 0 aromatic heterocycles. The minimum Gasteiger partial charge on any atom is -0.374 e. The van der Waals surface area contributed by atoms with Gasteiger partial charge in [0.1, 0.15) is 6.29 Å². The Balaban J connectivity index is 2.58. The average Bonchev–Trinajstić information content (AvgIpc) is 2.24. The molecule has 0 atom stereocenters. The van der Waals surface area contributed by atoms with Crippen molar-refractivity contribution in [3.63, 3.8) is 0 Å². The van der Waals surface area contributed by atoms with Crippen LogP contribution in [0.5, 0.6) is 0 Å². The fourth-order valence-corrected chi connectivity index (χ4v) is 2.20. The second kappa shape index (κ2) is 3.37. The third-order valence-corrected chi connectivity index (χ3v) is 3.37. The van der Waals surface area contributed by atoms with Gasteiger partial charge in [0.15, 0.2) is 0 Å². The van der Waals surface area contributed by atoms with Crippen LogP contribution >= 0.6 is 0 Å². The molecule has 0 spiro atoms. The van der Waals surface area contributed by atoms with Crippen LogP contribution in [0.2, 0.25) is 0 Å². The molecule has 2 heteroatoms. The predicted molar refractivity (Wildman–Crippen MR) is 62.7 cm³/mol. The highest BCUT2D eigenvalue weighted by Crippen LogP contribution is 2.39. The van der Waals surface area contributed by atoms with Gasteiger partial charge in [0.05, 0.1) is 0 Å². The van der Waals surface area contributed by atoms with E-state index in [2.05, 4.69) is 31.9 Å². The van der Waals surface area contributed by atoms with E-state index in [0.29, 0.717) is 0 Å². The summed E-state index contributed by atoms with van der Waals surface area (Å²) in [6.07, 6.45) is 2.06. The Morgan fingerprint density at radius 1 is 1.40 bits per heavy atom. The molecule has 2 rings (SSSR count). The number of anilines is 1. The van der Waals surface area contributed by atoms with E-state index in [9.17, 15) is 4.79 Å². The summed E-state index contributed by atoms with van der Waals surface area (Å²) in [7, 11) is 2.11. The largest absolute Gasteiger partial charge is 0.374 e. The Bertz CT molecular complexity index is 396. The number of hydrogen-bond acceptors (Lipinski definition) is 2. The van der Waals surface area contributed by atoms with Crippen LogP contribution in [0, 0.1) is 0 Å². The topological polar surface area (TPSA) is 20.3 Å². The lowest BCUT2D eigenvalue weighted by atomic mass is 9.77. The smallest absolute Gasteiger partial charge is 0.150 e. The van der Waals surface area contributed by atoms with Crippen LogP contribution in [0.25, 0.3) is 0 Å². The van der Waals surface area contributed by atoms with Crippen LogP contribution in [-0.4, -0.2) is 19.9 Å². The van der Waals surface area contributed by atoms with Crippen molar-refractivity contribution in [1.82, 2.24) is 0 Å². The molecule has 1 aliphatic rings. The lowest BCUT2D eigenvalue weighted by Gasteiger charge is -2.38. The summed E-state index contributed by atoms with van der Waals surface area (Å²) in [5.74, 6) is 0. The second-order valence-electron chi connectivity index (χ2n) is 4.95. The molecular formula is C13H17NO. The standard InChI is InChI=1S/C13H17NO/c1-13(2)6-7-14(3)12-5-4-10(9-15)8-11(12)13/h4-5,8-9H,6-7H2,1-3H3. The number of fused-ring (bicyclic) bond motifs is 1. The summed E-state index contributed by atoms with van der Waals surface area (Å²) in [6.45, 7) is 5.57. The van der Waals surface area contributed by atoms with Gasteiger partial charge in [0.2, 0.25) is 0 Å². The lowest BCUT2D eigenvalue weighted by molar-refractivity contribution is 0.112. The Hall–Kier alpha value is -1.31. The summed E-state index contributed by atoms with van der Waals surface area (Å²) in [5.41, 5.74) is 3.51. The second-order valence-corrected chi connectivity index (χ2v) is 4.95. The van der Waals surface area contributed by atoms with Crippen molar-refractivity contribution >= 4 is 12.0 Å². The van der Waals surface area contributed by atoms with Gasteiger partial charge >= 0.3 is 0 Å². The van der Waals surface area contributed by atoms with E-state index in [4.69, 9.17) is 0 Å². The number of carbonyl (C=O) groups is 1. The van der Waals surface area contributed by atoms with Crippen molar-refractivity contribution in [2.24, 2.45) is 0 Å². The minimum absolute atomic E-state index is 0.181. The molecule has 0 bridgehead atoms. The molecule has 0 saturated heterocycles. The SMILES string of the molecule is CN1CCC(C)(C)c2cc(C=O)ccc21. The normalized spacial score (nSPS) is 18.5.